The van der Waals surface area contributed by atoms with Crippen molar-refractivity contribution < 1.29 is 18.6 Å². The summed E-state index contributed by atoms with van der Waals surface area (Å²) < 4.78 is 31.4. The SMILES string of the molecule is COc1ccc2[nH]c3c(c2c1)CC1c2cc(OCc4ccc(C)c(F)c4)c(OC)cc2CCN1C3. The topological polar surface area (TPSA) is 46.7 Å². The number of aromatic amines is 1. The van der Waals surface area contributed by atoms with Crippen LogP contribution in [-0.4, -0.2) is 30.6 Å². The van der Waals surface area contributed by atoms with Crippen molar-refractivity contribution in [2.24, 2.45) is 0 Å². The predicted octanol–water partition coefficient (Wildman–Crippen LogP) is 5.87. The fourth-order valence-electron chi connectivity index (χ4n) is 5.52. The third-order valence-corrected chi connectivity index (χ3v) is 7.48. The molecule has 2 aliphatic rings. The zero-order valence-corrected chi connectivity index (χ0v) is 20.3. The highest BCUT2D eigenvalue weighted by Gasteiger charge is 2.34. The molecular weight excluding hydrogens is 443 g/mol. The highest BCUT2D eigenvalue weighted by atomic mass is 19.1. The first kappa shape index (κ1) is 22.0. The van der Waals surface area contributed by atoms with E-state index in [1.54, 1.807) is 27.2 Å². The Kier molecular flexibility index (Phi) is 5.41. The van der Waals surface area contributed by atoms with E-state index >= 15 is 0 Å². The zero-order chi connectivity index (χ0) is 24.1. The van der Waals surface area contributed by atoms with Crippen LogP contribution in [-0.2, 0) is 26.0 Å². The average molecular weight is 473 g/mol. The number of aromatic nitrogens is 1. The molecule has 0 saturated heterocycles. The van der Waals surface area contributed by atoms with Gasteiger partial charge in [0.05, 0.1) is 14.2 Å². The Labute approximate surface area is 204 Å². The summed E-state index contributed by atoms with van der Waals surface area (Å²) in [5, 5.41) is 1.23. The largest absolute Gasteiger partial charge is 0.497 e. The van der Waals surface area contributed by atoms with Crippen LogP contribution < -0.4 is 14.2 Å². The van der Waals surface area contributed by atoms with E-state index in [2.05, 4.69) is 34.1 Å². The van der Waals surface area contributed by atoms with Gasteiger partial charge in [-0.05, 0) is 84.0 Å². The smallest absolute Gasteiger partial charge is 0.162 e. The lowest BCUT2D eigenvalue weighted by Gasteiger charge is -2.40. The molecule has 6 heteroatoms. The summed E-state index contributed by atoms with van der Waals surface area (Å²) >= 11 is 0. The first-order valence-corrected chi connectivity index (χ1v) is 12.0. The van der Waals surface area contributed by atoms with E-state index in [0.717, 1.165) is 48.5 Å². The minimum absolute atomic E-state index is 0.215. The summed E-state index contributed by atoms with van der Waals surface area (Å²) in [7, 11) is 3.38. The highest BCUT2D eigenvalue weighted by Crippen LogP contribution is 2.44. The Balaban J connectivity index is 1.34. The number of aryl methyl sites for hydroxylation is 1. The lowest BCUT2D eigenvalue weighted by Crippen LogP contribution is -2.39. The van der Waals surface area contributed by atoms with Crippen LogP contribution in [0.3, 0.4) is 0 Å². The molecule has 1 N–H and O–H groups in total. The van der Waals surface area contributed by atoms with Crippen molar-refractivity contribution in [1.82, 2.24) is 9.88 Å². The van der Waals surface area contributed by atoms with Gasteiger partial charge in [0.25, 0.3) is 0 Å². The van der Waals surface area contributed by atoms with Gasteiger partial charge in [-0.1, -0.05) is 12.1 Å². The van der Waals surface area contributed by atoms with Gasteiger partial charge in [-0.15, -0.1) is 0 Å². The van der Waals surface area contributed by atoms with Gasteiger partial charge < -0.3 is 19.2 Å². The Hall–Kier alpha value is -3.51. The Morgan fingerprint density at radius 2 is 1.91 bits per heavy atom. The van der Waals surface area contributed by atoms with E-state index in [4.69, 9.17) is 14.2 Å². The van der Waals surface area contributed by atoms with Crippen LogP contribution in [0.2, 0.25) is 0 Å². The number of rotatable bonds is 5. The second kappa shape index (κ2) is 8.61. The molecule has 0 fully saturated rings. The summed E-state index contributed by atoms with van der Waals surface area (Å²) in [6, 6.07) is 16.0. The van der Waals surface area contributed by atoms with Crippen LogP contribution in [0.15, 0.2) is 48.5 Å². The van der Waals surface area contributed by atoms with E-state index in [1.165, 1.54) is 33.8 Å². The van der Waals surface area contributed by atoms with Gasteiger partial charge in [-0.3, -0.25) is 4.90 Å². The van der Waals surface area contributed by atoms with Crippen LogP contribution in [0.4, 0.5) is 4.39 Å². The second-order valence-corrected chi connectivity index (χ2v) is 9.51. The quantitative estimate of drug-likeness (QED) is 0.395. The summed E-state index contributed by atoms with van der Waals surface area (Å²) in [4.78, 5) is 6.17. The predicted molar refractivity (Wildman–Crippen MR) is 134 cm³/mol. The van der Waals surface area contributed by atoms with E-state index in [0.29, 0.717) is 11.3 Å². The molecule has 1 aromatic heterocycles. The molecule has 5 nitrogen and oxygen atoms in total. The summed E-state index contributed by atoms with van der Waals surface area (Å²) in [5.74, 6) is 2.07. The van der Waals surface area contributed by atoms with E-state index in [9.17, 15) is 4.39 Å². The summed E-state index contributed by atoms with van der Waals surface area (Å²) in [5.41, 5.74) is 7.82. The van der Waals surface area contributed by atoms with E-state index in [-0.39, 0.29) is 18.5 Å². The normalized spacial score (nSPS) is 17.0. The van der Waals surface area contributed by atoms with Crippen molar-refractivity contribution in [2.75, 3.05) is 20.8 Å². The minimum atomic E-state index is -0.215. The summed E-state index contributed by atoms with van der Waals surface area (Å²) in [6.45, 7) is 3.94. The van der Waals surface area contributed by atoms with Crippen LogP contribution in [0.5, 0.6) is 17.2 Å². The van der Waals surface area contributed by atoms with Crippen molar-refractivity contribution in [2.45, 2.75) is 39.0 Å². The molecule has 1 unspecified atom stereocenters. The number of H-pyrrole nitrogens is 1. The molecular formula is C29H29FN2O3. The number of fused-ring (bicyclic) bond motifs is 6. The van der Waals surface area contributed by atoms with Crippen molar-refractivity contribution in [3.05, 3.63) is 87.9 Å². The zero-order valence-electron chi connectivity index (χ0n) is 20.3. The molecule has 35 heavy (non-hydrogen) atoms. The molecule has 0 bridgehead atoms. The lowest BCUT2D eigenvalue weighted by atomic mass is 9.85. The third-order valence-electron chi connectivity index (χ3n) is 7.48. The number of benzene rings is 3. The first-order chi connectivity index (χ1) is 17.0. The van der Waals surface area contributed by atoms with Crippen molar-refractivity contribution in [3.63, 3.8) is 0 Å². The number of hydrogen-bond donors (Lipinski definition) is 1. The van der Waals surface area contributed by atoms with Crippen LogP contribution in [0, 0.1) is 12.7 Å². The molecule has 1 atom stereocenters. The second-order valence-electron chi connectivity index (χ2n) is 9.51. The number of halogens is 1. The maximum absolute atomic E-state index is 14.0. The van der Waals surface area contributed by atoms with Gasteiger partial charge in [0.15, 0.2) is 11.5 Å². The van der Waals surface area contributed by atoms with Gasteiger partial charge in [-0.2, -0.15) is 0 Å². The van der Waals surface area contributed by atoms with E-state index < -0.39 is 0 Å². The van der Waals surface area contributed by atoms with Crippen molar-refractivity contribution in [1.29, 1.82) is 0 Å². The molecule has 0 radical (unpaired) electrons. The molecule has 2 aliphatic heterocycles. The molecule has 0 amide bonds. The fraction of sp³-hybridized carbons (Fsp3) is 0.310. The van der Waals surface area contributed by atoms with Crippen LogP contribution >= 0.6 is 0 Å². The van der Waals surface area contributed by atoms with Crippen LogP contribution in [0.1, 0.15) is 39.6 Å². The molecule has 180 valence electrons. The maximum atomic E-state index is 14.0. The van der Waals surface area contributed by atoms with Gasteiger partial charge in [-0.25, -0.2) is 4.39 Å². The number of methoxy groups -OCH3 is 2. The molecule has 0 saturated carbocycles. The molecule has 0 aliphatic carbocycles. The van der Waals surface area contributed by atoms with Gasteiger partial charge in [0.1, 0.15) is 18.2 Å². The minimum Gasteiger partial charge on any atom is -0.497 e. The van der Waals surface area contributed by atoms with Crippen molar-refractivity contribution in [3.8, 4) is 17.2 Å². The Bertz CT molecular complexity index is 1430. The van der Waals surface area contributed by atoms with Gasteiger partial charge >= 0.3 is 0 Å². The Morgan fingerprint density at radius 1 is 1.03 bits per heavy atom. The maximum Gasteiger partial charge on any atom is 0.162 e. The third kappa shape index (κ3) is 3.82. The number of ether oxygens (including phenoxy) is 3. The molecule has 3 heterocycles. The van der Waals surface area contributed by atoms with Gasteiger partial charge in [0, 0.05) is 35.7 Å². The molecule has 4 aromatic rings. The fourth-order valence-corrected chi connectivity index (χ4v) is 5.52. The molecule has 0 spiro atoms. The molecule has 3 aromatic carbocycles. The standard InChI is InChI=1S/C29H29FN2O3/c1-17-4-5-18(10-24(17)30)16-35-29-14-21-19(11-28(29)34-3)8-9-32-15-26-23(13-27(21)32)22-12-20(33-2)6-7-25(22)31-26/h4-7,10-12,14,27,31H,8-9,13,15-16H2,1-3H3. The number of hydrogen-bond acceptors (Lipinski definition) is 4. The Morgan fingerprint density at radius 3 is 2.71 bits per heavy atom. The van der Waals surface area contributed by atoms with Gasteiger partial charge in [0.2, 0.25) is 0 Å². The number of nitrogens with zero attached hydrogens (tertiary/aromatic N) is 1. The first-order valence-electron chi connectivity index (χ1n) is 12.0. The monoisotopic (exact) mass is 472 g/mol. The van der Waals surface area contributed by atoms with E-state index in [1.807, 2.05) is 12.1 Å². The molecule has 6 rings (SSSR count). The van der Waals surface area contributed by atoms with Crippen LogP contribution in [0.25, 0.3) is 10.9 Å². The average Bonchev–Trinajstić information content (AvgIpc) is 3.24. The highest BCUT2D eigenvalue weighted by molar-refractivity contribution is 5.86. The van der Waals surface area contributed by atoms with Crippen molar-refractivity contribution >= 4 is 10.9 Å². The summed E-state index contributed by atoms with van der Waals surface area (Å²) in [6.07, 6.45) is 1.89. The number of nitrogens with one attached hydrogen (secondary N) is 1. The lowest BCUT2D eigenvalue weighted by molar-refractivity contribution is 0.158.